The molecule has 4 aromatic rings. The number of aryl methyl sites for hydroxylation is 1. The Labute approximate surface area is 200 Å². The van der Waals surface area contributed by atoms with Crippen LogP contribution >= 0.6 is 0 Å². The lowest BCUT2D eigenvalue weighted by Gasteiger charge is -2.14. The summed E-state index contributed by atoms with van der Waals surface area (Å²) < 4.78 is 40.8. The van der Waals surface area contributed by atoms with Gasteiger partial charge in [-0.15, -0.1) is 0 Å². The van der Waals surface area contributed by atoms with Crippen molar-refractivity contribution in [1.29, 1.82) is 0 Å². The maximum Gasteiger partial charge on any atom is 0.339 e. The molecule has 0 spiro atoms. The van der Waals surface area contributed by atoms with Gasteiger partial charge in [-0.3, -0.25) is 0 Å². The Hall–Kier alpha value is -4.30. The zero-order chi connectivity index (χ0) is 25.1. The second-order valence-electron chi connectivity index (χ2n) is 7.92. The zero-order valence-corrected chi connectivity index (χ0v) is 19.0. The minimum absolute atomic E-state index is 0.123. The lowest BCUT2D eigenvalue weighted by atomic mass is 10.0. The van der Waals surface area contributed by atoms with Crippen molar-refractivity contribution in [3.8, 4) is 34.4 Å². The highest BCUT2D eigenvalue weighted by Gasteiger charge is 2.22. The quantitative estimate of drug-likeness (QED) is 0.321. The largest absolute Gasteiger partial charge is 0.478 e. The van der Waals surface area contributed by atoms with Crippen molar-refractivity contribution in [2.75, 3.05) is 0 Å². The van der Waals surface area contributed by atoms with Gasteiger partial charge in [-0.1, -0.05) is 36.4 Å². The van der Waals surface area contributed by atoms with Crippen LogP contribution < -0.4 is 15.2 Å². The van der Waals surface area contributed by atoms with Gasteiger partial charge in [0.1, 0.15) is 17.1 Å². The fourth-order valence-corrected chi connectivity index (χ4v) is 3.47. The van der Waals surface area contributed by atoms with E-state index < -0.39 is 29.4 Å². The van der Waals surface area contributed by atoms with E-state index in [9.17, 15) is 18.7 Å². The number of nitrogens with two attached hydrogens (primary N) is 1. The van der Waals surface area contributed by atoms with E-state index in [2.05, 4.69) is 4.98 Å². The molecule has 8 heteroatoms. The number of nitrogens with zero attached hydrogens (tertiary/aromatic N) is 1. The first-order valence-corrected chi connectivity index (χ1v) is 10.7. The molecule has 0 radical (unpaired) electrons. The van der Waals surface area contributed by atoms with Crippen molar-refractivity contribution >= 4 is 5.97 Å². The van der Waals surface area contributed by atoms with Crippen LogP contribution in [0.15, 0.2) is 66.7 Å². The van der Waals surface area contributed by atoms with E-state index in [4.69, 9.17) is 15.2 Å². The molecule has 0 amide bonds. The second kappa shape index (κ2) is 9.90. The van der Waals surface area contributed by atoms with Crippen LogP contribution in [-0.2, 0) is 6.54 Å². The maximum atomic E-state index is 14.9. The molecule has 0 aliphatic carbocycles. The van der Waals surface area contributed by atoms with Gasteiger partial charge < -0.3 is 20.3 Å². The van der Waals surface area contributed by atoms with Crippen LogP contribution in [-0.4, -0.2) is 16.1 Å². The Morgan fingerprint density at radius 2 is 1.57 bits per heavy atom. The number of hydrogen-bond acceptors (Lipinski definition) is 5. The molecule has 0 bridgehead atoms. The molecule has 0 atom stereocenters. The molecule has 178 valence electrons. The number of halogens is 2. The van der Waals surface area contributed by atoms with Gasteiger partial charge in [-0.25, -0.2) is 13.6 Å². The predicted octanol–water partition coefficient (Wildman–Crippen LogP) is 6.39. The SMILES string of the molecule is Cc1ccc(C(=O)O)c(Oc2nc(Oc3cccc(-c4cccc(CN)c4)c3)c(F)c(C)c2F)c1. The summed E-state index contributed by atoms with van der Waals surface area (Å²) in [6, 6.07) is 18.9. The van der Waals surface area contributed by atoms with Gasteiger partial charge in [0.15, 0.2) is 11.6 Å². The number of rotatable bonds is 7. The normalized spacial score (nSPS) is 10.8. The lowest BCUT2D eigenvalue weighted by Crippen LogP contribution is -2.05. The first-order valence-electron chi connectivity index (χ1n) is 10.7. The number of carboxylic acids is 1. The number of ether oxygens (including phenoxy) is 2. The van der Waals surface area contributed by atoms with E-state index in [-0.39, 0.29) is 22.6 Å². The molecular weight excluding hydrogens is 454 g/mol. The third kappa shape index (κ3) is 5.12. The van der Waals surface area contributed by atoms with Crippen molar-refractivity contribution in [2.45, 2.75) is 20.4 Å². The number of aromatic carboxylic acids is 1. The highest BCUT2D eigenvalue weighted by molar-refractivity contribution is 5.91. The van der Waals surface area contributed by atoms with Gasteiger partial charge in [-0.2, -0.15) is 4.98 Å². The summed E-state index contributed by atoms with van der Waals surface area (Å²) >= 11 is 0. The fourth-order valence-electron chi connectivity index (χ4n) is 3.47. The van der Waals surface area contributed by atoms with E-state index >= 15 is 0 Å². The Morgan fingerprint density at radius 1 is 0.914 bits per heavy atom. The van der Waals surface area contributed by atoms with Gasteiger partial charge in [-0.05, 0) is 66.4 Å². The van der Waals surface area contributed by atoms with Crippen LogP contribution in [0.1, 0.15) is 27.0 Å². The molecule has 3 N–H and O–H groups in total. The average Bonchev–Trinajstić information content (AvgIpc) is 2.85. The summed E-state index contributed by atoms with van der Waals surface area (Å²) in [5, 5.41) is 9.42. The van der Waals surface area contributed by atoms with Crippen LogP contribution in [0, 0.1) is 25.5 Å². The van der Waals surface area contributed by atoms with Gasteiger partial charge in [0, 0.05) is 12.1 Å². The van der Waals surface area contributed by atoms with Crippen molar-refractivity contribution < 1.29 is 28.2 Å². The molecule has 35 heavy (non-hydrogen) atoms. The monoisotopic (exact) mass is 476 g/mol. The number of benzene rings is 3. The van der Waals surface area contributed by atoms with Crippen LogP contribution in [0.3, 0.4) is 0 Å². The summed E-state index contributed by atoms with van der Waals surface area (Å²) in [6.45, 7) is 3.33. The molecule has 0 fully saturated rings. The van der Waals surface area contributed by atoms with Crippen molar-refractivity contribution in [1.82, 2.24) is 4.98 Å². The first kappa shape index (κ1) is 23.8. The van der Waals surface area contributed by atoms with E-state index in [0.717, 1.165) is 16.7 Å². The van der Waals surface area contributed by atoms with E-state index in [1.165, 1.54) is 19.1 Å². The molecular formula is C27H22F2N2O4. The van der Waals surface area contributed by atoms with Gasteiger partial charge in [0.25, 0.3) is 11.8 Å². The molecule has 0 saturated heterocycles. The fraction of sp³-hybridized carbons (Fsp3) is 0.111. The molecule has 4 rings (SSSR count). The smallest absolute Gasteiger partial charge is 0.339 e. The first-order chi connectivity index (χ1) is 16.8. The standard InChI is InChI=1S/C27H22F2N2O4/c1-15-9-10-21(27(32)33)22(11-15)35-26-24(29)16(2)23(28)25(31-26)34-20-8-4-7-19(13-20)18-6-3-5-17(12-18)14-30/h3-13H,14,30H2,1-2H3,(H,32,33). The van der Waals surface area contributed by atoms with Crippen LogP contribution in [0.4, 0.5) is 8.78 Å². The number of aromatic nitrogens is 1. The highest BCUT2D eigenvalue weighted by Crippen LogP contribution is 2.35. The van der Waals surface area contributed by atoms with Crippen LogP contribution in [0.2, 0.25) is 0 Å². The van der Waals surface area contributed by atoms with Crippen LogP contribution in [0.5, 0.6) is 23.3 Å². The molecule has 1 heterocycles. The predicted molar refractivity (Wildman–Crippen MR) is 127 cm³/mol. The number of carboxylic acid groups (broad SMARTS) is 1. The Bertz CT molecular complexity index is 1420. The van der Waals surface area contributed by atoms with Crippen molar-refractivity contribution in [2.24, 2.45) is 5.73 Å². The summed E-state index contributed by atoms with van der Waals surface area (Å²) in [6.07, 6.45) is 0. The second-order valence-corrected chi connectivity index (χ2v) is 7.92. The third-order valence-electron chi connectivity index (χ3n) is 5.36. The van der Waals surface area contributed by atoms with Gasteiger partial charge >= 0.3 is 5.97 Å². The maximum absolute atomic E-state index is 14.9. The minimum atomic E-state index is -1.26. The topological polar surface area (TPSA) is 94.7 Å². The van der Waals surface area contributed by atoms with Crippen LogP contribution in [0.25, 0.3) is 11.1 Å². The molecule has 0 aliphatic rings. The molecule has 0 saturated carbocycles. The summed E-state index contributed by atoms with van der Waals surface area (Å²) in [5.41, 5.74) is 8.51. The third-order valence-corrected chi connectivity index (χ3v) is 5.36. The Balaban J connectivity index is 1.70. The average molecular weight is 476 g/mol. The minimum Gasteiger partial charge on any atom is -0.478 e. The van der Waals surface area contributed by atoms with Gasteiger partial charge in [0.05, 0.1) is 0 Å². The van der Waals surface area contributed by atoms with Gasteiger partial charge in [0.2, 0.25) is 0 Å². The highest BCUT2D eigenvalue weighted by atomic mass is 19.1. The Kier molecular flexibility index (Phi) is 6.75. The Morgan fingerprint density at radius 3 is 2.26 bits per heavy atom. The van der Waals surface area contributed by atoms with E-state index in [0.29, 0.717) is 12.1 Å². The summed E-state index contributed by atoms with van der Waals surface area (Å²) in [5.74, 6) is -4.26. The number of hydrogen-bond donors (Lipinski definition) is 2. The molecule has 0 aliphatic heterocycles. The lowest BCUT2D eigenvalue weighted by molar-refractivity contribution is 0.0694. The van der Waals surface area contributed by atoms with E-state index in [1.807, 2.05) is 30.3 Å². The summed E-state index contributed by atoms with van der Waals surface area (Å²) in [7, 11) is 0. The molecule has 3 aromatic carbocycles. The van der Waals surface area contributed by atoms with Crippen molar-refractivity contribution in [3.63, 3.8) is 0 Å². The molecule has 6 nitrogen and oxygen atoms in total. The zero-order valence-electron chi connectivity index (χ0n) is 19.0. The number of carbonyl (C=O) groups is 1. The van der Waals surface area contributed by atoms with Crippen molar-refractivity contribution in [3.05, 3.63) is 101 Å². The molecule has 0 unspecified atom stereocenters. The van der Waals surface area contributed by atoms with E-state index in [1.54, 1.807) is 31.2 Å². The summed E-state index contributed by atoms with van der Waals surface area (Å²) in [4.78, 5) is 15.4. The molecule has 1 aromatic heterocycles. The number of pyridine rings is 1.